The van der Waals surface area contributed by atoms with Gasteiger partial charge in [0, 0.05) is 25.5 Å². The van der Waals surface area contributed by atoms with Crippen molar-refractivity contribution < 1.29 is 0 Å². The molecule has 4 nitrogen and oxygen atoms in total. The fraction of sp³-hybridized carbons (Fsp3) is 0.231. The molecule has 86 valence electrons. The Hall–Kier alpha value is -2.28. The van der Waals surface area contributed by atoms with E-state index < -0.39 is 0 Å². The highest BCUT2D eigenvalue weighted by Crippen LogP contribution is 2.15. The molecule has 0 amide bonds. The molecular formula is C13H14N4. The Morgan fingerprint density at radius 1 is 1.47 bits per heavy atom. The van der Waals surface area contributed by atoms with Crippen LogP contribution in [0.5, 0.6) is 0 Å². The molecule has 17 heavy (non-hydrogen) atoms. The quantitative estimate of drug-likeness (QED) is 0.869. The van der Waals surface area contributed by atoms with Gasteiger partial charge in [-0.25, -0.2) is 4.98 Å². The molecule has 0 atom stereocenters. The minimum atomic E-state index is 0.690. The van der Waals surface area contributed by atoms with Gasteiger partial charge in [-0.05, 0) is 24.6 Å². The summed E-state index contributed by atoms with van der Waals surface area (Å²) in [6.07, 6.45) is 5.45. The number of aryl methyl sites for hydroxylation is 1. The maximum atomic E-state index is 9.02. The van der Waals surface area contributed by atoms with Crippen LogP contribution in [0, 0.1) is 18.3 Å². The van der Waals surface area contributed by atoms with Crippen LogP contribution >= 0.6 is 0 Å². The lowest BCUT2D eigenvalue weighted by Gasteiger charge is -2.09. The summed E-state index contributed by atoms with van der Waals surface area (Å²) in [4.78, 5) is 3.98. The molecule has 0 saturated heterocycles. The van der Waals surface area contributed by atoms with Crippen LogP contribution in [0.2, 0.25) is 0 Å². The van der Waals surface area contributed by atoms with Crippen LogP contribution in [0.15, 0.2) is 36.9 Å². The van der Waals surface area contributed by atoms with E-state index in [4.69, 9.17) is 5.26 Å². The molecule has 0 fully saturated rings. The predicted octanol–water partition coefficient (Wildman–Crippen LogP) is 2.18. The number of imidazole rings is 1. The molecule has 1 aromatic heterocycles. The van der Waals surface area contributed by atoms with E-state index in [-0.39, 0.29) is 0 Å². The van der Waals surface area contributed by atoms with Crippen LogP contribution < -0.4 is 5.32 Å². The van der Waals surface area contributed by atoms with Crippen LogP contribution in [-0.2, 0) is 6.54 Å². The summed E-state index contributed by atoms with van der Waals surface area (Å²) in [5.41, 5.74) is 2.68. The van der Waals surface area contributed by atoms with E-state index in [2.05, 4.69) is 16.4 Å². The number of nitrogens with zero attached hydrogens (tertiary/aromatic N) is 3. The number of aromatic nitrogens is 2. The van der Waals surface area contributed by atoms with Gasteiger partial charge in [0.25, 0.3) is 0 Å². The topological polar surface area (TPSA) is 53.6 Å². The average Bonchev–Trinajstić information content (AvgIpc) is 2.84. The lowest BCUT2D eigenvalue weighted by molar-refractivity contribution is 0.727. The van der Waals surface area contributed by atoms with Crippen LogP contribution in [0.25, 0.3) is 0 Å². The van der Waals surface area contributed by atoms with Crippen molar-refractivity contribution in [1.82, 2.24) is 9.55 Å². The summed E-state index contributed by atoms with van der Waals surface area (Å²) in [5, 5.41) is 12.3. The Balaban J connectivity index is 1.97. The summed E-state index contributed by atoms with van der Waals surface area (Å²) >= 11 is 0. The lowest BCUT2D eigenvalue weighted by Crippen LogP contribution is -2.10. The molecule has 0 unspecified atom stereocenters. The van der Waals surface area contributed by atoms with Crippen molar-refractivity contribution in [2.24, 2.45) is 0 Å². The van der Waals surface area contributed by atoms with Gasteiger partial charge in [-0.2, -0.15) is 5.26 Å². The normalized spacial score (nSPS) is 9.88. The zero-order chi connectivity index (χ0) is 12.1. The second-order valence-electron chi connectivity index (χ2n) is 3.89. The van der Waals surface area contributed by atoms with Gasteiger partial charge in [-0.3, -0.25) is 0 Å². The first-order chi connectivity index (χ1) is 8.29. The SMILES string of the molecule is Cc1ccc(NCCn2ccnc2)c(C#N)c1. The molecule has 2 rings (SSSR count). The number of hydrogen-bond donors (Lipinski definition) is 1. The van der Waals surface area contributed by atoms with E-state index in [9.17, 15) is 0 Å². The summed E-state index contributed by atoms with van der Waals surface area (Å²) in [6.45, 7) is 3.59. The van der Waals surface area contributed by atoms with Gasteiger partial charge in [0.05, 0.1) is 17.6 Å². The lowest BCUT2D eigenvalue weighted by atomic mass is 10.1. The zero-order valence-electron chi connectivity index (χ0n) is 9.72. The highest BCUT2D eigenvalue weighted by molar-refractivity contribution is 5.58. The number of benzene rings is 1. The Morgan fingerprint density at radius 2 is 2.35 bits per heavy atom. The molecule has 0 aliphatic heterocycles. The van der Waals surface area contributed by atoms with Crippen LogP contribution in [0.4, 0.5) is 5.69 Å². The van der Waals surface area contributed by atoms with E-state index in [1.807, 2.05) is 35.9 Å². The molecule has 0 radical (unpaired) electrons. The molecule has 2 aromatic rings. The number of rotatable bonds is 4. The molecule has 1 heterocycles. The zero-order valence-corrected chi connectivity index (χ0v) is 9.72. The predicted molar refractivity (Wildman–Crippen MR) is 66.6 cm³/mol. The molecule has 0 aliphatic carbocycles. The number of nitriles is 1. The smallest absolute Gasteiger partial charge is 0.101 e. The fourth-order valence-electron chi connectivity index (χ4n) is 1.64. The highest BCUT2D eigenvalue weighted by Gasteiger charge is 2.01. The van der Waals surface area contributed by atoms with Gasteiger partial charge in [0.2, 0.25) is 0 Å². The van der Waals surface area contributed by atoms with Gasteiger partial charge in [-0.1, -0.05) is 6.07 Å². The summed E-state index contributed by atoms with van der Waals surface area (Å²) in [7, 11) is 0. The van der Waals surface area contributed by atoms with Gasteiger partial charge < -0.3 is 9.88 Å². The monoisotopic (exact) mass is 226 g/mol. The minimum absolute atomic E-state index is 0.690. The molecule has 1 aromatic carbocycles. The van der Waals surface area contributed by atoms with Crippen LogP contribution in [0.1, 0.15) is 11.1 Å². The van der Waals surface area contributed by atoms with Crippen molar-refractivity contribution in [1.29, 1.82) is 5.26 Å². The molecule has 0 saturated carbocycles. The van der Waals surface area contributed by atoms with Gasteiger partial charge >= 0.3 is 0 Å². The van der Waals surface area contributed by atoms with Gasteiger partial charge in [0.15, 0.2) is 0 Å². The fourth-order valence-corrected chi connectivity index (χ4v) is 1.64. The molecule has 4 heteroatoms. The van der Waals surface area contributed by atoms with E-state index in [1.54, 1.807) is 12.5 Å². The summed E-state index contributed by atoms with van der Waals surface area (Å²) < 4.78 is 1.99. The van der Waals surface area contributed by atoms with Crippen LogP contribution in [-0.4, -0.2) is 16.1 Å². The first kappa shape index (κ1) is 11.2. The van der Waals surface area contributed by atoms with E-state index in [1.165, 1.54) is 0 Å². The van der Waals surface area contributed by atoms with Crippen LogP contribution in [0.3, 0.4) is 0 Å². The average molecular weight is 226 g/mol. The Morgan fingerprint density at radius 3 is 3.06 bits per heavy atom. The van der Waals surface area contributed by atoms with E-state index >= 15 is 0 Å². The third-order valence-electron chi connectivity index (χ3n) is 2.54. The maximum absolute atomic E-state index is 9.02. The first-order valence-electron chi connectivity index (χ1n) is 5.50. The van der Waals surface area contributed by atoms with E-state index in [0.717, 1.165) is 24.3 Å². The maximum Gasteiger partial charge on any atom is 0.101 e. The molecule has 1 N–H and O–H groups in total. The van der Waals surface area contributed by atoms with E-state index in [0.29, 0.717) is 5.56 Å². The highest BCUT2D eigenvalue weighted by atomic mass is 15.0. The Labute approximate surface area is 101 Å². The molecule has 0 bridgehead atoms. The third kappa shape index (κ3) is 2.85. The van der Waals surface area contributed by atoms with Crippen molar-refractivity contribution in [2.75, 3.05) is 11.9 Å². The van der Waals surface area contributed by atoms with Crippen molar-refractivity contribution in [3.63, 3.8) is 0 Å². The Kier molecular flexibility index (Phi) is 3.41. The number of nitrogens with one attached hydrogen (secondary N) is 1. The van der Waals surface area contributed by atoms with Crippen molar-refractivity contribution >= 4 is 5.69 Å². The largest absolute Gasteiger partial charge is 0.382 e. The standard InChI is InChI=1S/C13H14N4/c1-11-2-3-13(12(8-11)9-14)16-5-7-17-6-4-15-10-17/h2-4,6,8,10,16H,5,7H2,1H3. The second kappa shape index (κ2) is 5.17. The number of anilines is 1. The van der Waals surface area contributed by atoms with Crippen molar-refractivity contribution in [3.8, 4) is 6.07 Å². The molecule has 0 spiro atoms. The molecular weight excluding hydrogens is 212 g/mol. The van der Waals surface area contributed by atoms with Crippen molar-refractivity contribution in [2.45, 2.75) is 13.5 Å². The number of hydrogen-bond acceptors (Lipinski definition) is 3. The van der Waals surface area contributed by atoms with Gasteiger partial charge in [-0.15, -0.1) is 0 Å². The van der Waals surface area contributed by atoms with Crippen molar-refractivity contribution in [3.05, 3.63) is 48.0 Å². The first-order valence-corrected chi connectivity index (χ1v) is 5.50. The second-order valence-corrected chi connectivity index (χ2v) is 3.89. The minimum Gasteiger partial charge on any atom is -0.382 e. The molecule has 0 aliphatic rings. The summed E-state index contributed by atoms with van der Waals surface area (Å²) in [6, 6.07) is 8.03. The Bertz CT molecular complexity index is 523. The van der Waals surface area contributed by atoms with Gasteiger partial charge in [0.1, 0.15) is 6.07 Å². The summed E-state index contributed by atoms with van der Waals surface area (Å²) in [5.74, 6) is 0. The third-order valence-corrected chi connectivity index (χ3v) is 2.54.